The summed E-state index contributed by atoms with van der Waals surface area (Å²) in [6.45, 7) is 1.35. The first-order chi connectivity index (χ1) is 8.75. The van der Waals surface area contributed by atoms with E-state index >= 15 is 0 Å². The van der Waals surface area contributed by atoms with Crippen LogP contribution in [-0.2, 0) is 11.3 Å². The highest BCUT2D eigenvalue weighted by Gasteiger charge is 2.23. The molecule has 1 amide bonds. The monoisotopic (exact) mass is 286 g/mol. The van der Waals surface area contributed by atoms with Crippen molar-refractivity contribution in [2.24, 2.45) is 11.7 Å². The summed E-state index contributed by atoms with van der Waals surface area (Å²) in [6.07, 6.45) is 8.77. The molecule has 0 spiro atoms. The summed E-state index contributed by atoms with van der Waals surface area (Å²) < 4.78 is 1.81. The van der Waals surface area contributed by atoms with Crippen molar-refractivity contribution in [2.75, 3.05) is 6.54 Å². The van der Waals surface area contributed by atoms with E-state index in [1.807, 2.05) is 16.9 Å². The summed E-state index contributed by atoms with van der Waals surface area (Å²) in [5.74, 6) is 0.480. The van der Waals surface area contributed by atoms with Crippen LogP contribution in [0.2, 0.25) is 0 Å². The average Bonchev–Trinajstić information content (AvgIpc) is 2.85. The molecule has 2 atom stereocenters. The molecule has 1 heterocycles. The lowest BCUT2D eigenvalue weighted by atomic mass is 9.83. The molecule has 1 aromatic heterocycles. The van der Waals surface area contributed by atoms with E-state index in [1.54, 1.807) is 6.20 Å². The molecule has 1 aliphatic rings. The van der Waals surface area contributed by atoms with Crippen molar-refractivity contribution in [2.45, 2.75) is 44.7 Å². The zero-order valence-corrected chi connectivity index (χ0v) is 11.9. The second-order valence-corrected chi connectivity index (χ2v) is 5.03. The van der Waals surface area contributed by atoms with Gasteiger partial charge >= 0.3 is 0 Å². The first-order valence-corrected chi connectivity index (χ1v) is 6.75. The summed E-state index contributed by atoms with van der Waals surface area (Å²) in [5.41, 5.74) is 6.04. The van der Waals surface area contributed by atoms with Crippen molar-refractivity contribution in [1.82, 2.24) is 15.1 Å². The maximum Gasteiger partial charge on any atom is 0.220 e. The number of hydrogen-bond acceptors (Lipinski definition) is 3. The number of nitrogens with zero attached hydrogens (tertiary/aromatic N) is 2. The van der Waals surface area contributed by atoms with Crippen molar-refractivity contribution >= 4 is 18.3 Å². The molecule has 19 heavy (non-hydrogen) atoms. The smallest absolute Gasteiger partial charge is 0.220 e. The van der Waals surface area contributed by atoms with Crippen molar-refractivity contribution in [1.29, 1.82) is 0 Å². The standard InChI is InChI=1S/C13H22N4O.ClH/c14-12-5-2-1-4-11(12)10-13(18)15-7-9-17-8-3-6-16-17;/h3,6,8,11-12H,1-2,4-5,7,9-10,14H2,(H,15,18);1H. The van der Waals surface area contributed by atoms with Gasteiger partial charge < -0.3 is 11.1 Å². The number of aromatic nitrogens is 2. The Kier molecular flexibility index (Phi) is 6.87. The molecule has 1 aromatic rings. The molecule has 3 N–H and O–H groups in total. The third kappa shape index (κ3) is 5.20. The van der Waals surface area contributed by atoms with Gasteiger partial charge in [-0.05, 0) is 24.8 Å². The second kappa shape index (κ2) is 8.17. The largest absolute Gasteiger partial charge is 0.354 e. The zero-order valence-electron chi connectivity index (χ0n) is 11.1. The number of hydrogen-bond donors (Lipinski definition) is 2. The molecular weight excluding hydrogens is 264 g/mol. The summed E-state index contributed by atoms with van der Waals surface area (Å²) in [6, 6.07) is 2.08. The van der Waals surface area contributed by atoms with Crippen LogP contribution in [0.25, 0.3) is 0 Å². The van der Waals surface area contributed by atoms with E-state index in [-0.39, 0.29) is 24.4 Å². The lowest BCUT2D eigenvalue weighted by Crippen LogP contribution is -2.37. The summed E-state index contributed by atoms with van der Waals surface area (Å²) in [4.78, 5) is 11.8. The van der Waals surface area contributed by atoms with E-state index in [9.17, 15) is 4.79 Å². The molecule has 2 rings (SSSR count). The van der Waals surface area contributed by atoms with Gasteiger partial charge in [0.1, 0.15) is 0 Å². The minimum absolute atomic E-state index is 0. The number of halogens is 1. The van der Waals surface area contributed by atoms with Crippen LogP contribution < -0.4 is 11.1 Å². The molecular formula is C13H23ClN4O. The fourth-order valence-corrected chi connectivity index (χ4v) is 2.54. The molecule has 1 saturated carbocycles. The zero-order chi connectivity index (χ0) is 12.8. The highest BCUT2D eigenvalue weighted by molar-refractivity contribution is 5.85. The minimum atomic E-state index is 0. The third-order valence-corrected chi connectivity index (χ3v) is 3.64. The predicted octanol–water partition coefficient (Wildman–Crippen LogP) is 1.33. The Morgan fingerprint density at radius 3 is 2.89 bits per heavy atom. The van der Waals surface area contributed by atoms with Crippen LogP contribution in [0.5, 0.6) is 0 Å². The minimum Gasteiger partial charge on any atom is -0.354 e. The fourth-order valence-electron chi connectivity index (χ4n) is 2.54. The maximum atomic E-state index is 11.8. The van der Waals surface area contributed by atoms with Gasteiger partial charge in [-0.25, -0.2) is 0 Å². The first-order valence-electron chi connectivity index (χ1n) is 6.75. The van der Waals surface area contributed by atoms with Gasteiger partial charge in [-0.15, -0.1) is 12.4 Å². The number of amides is 1. The lowest BCUT2D eigenvalue weighted by molar-refractivity contribution is -0.122. The molecule has 2 unspecified atom stereocenters. The quantitative estimate of drug-likeness (QED) is 0.858. The van der Waals surface area contributed by atoms with E-state index in [0.29, 0.717) is 18.9 Å². The Hall–Kier alpha value is -1.07. The van der Waals surface area contributed by atoms with E-state index in [2.05, 4.69) is 10.4 Å². The van der Waals surface area contributed by atoms with Crippen LogP contribution in [0.15, 0.2) is 18.5 Å². The Labute approximate surface area is 120 Å². The normalized spacial score (nSPS) is 22.6. The Balaban J connectivity index is 0.00000180. The van der Waals surface area contributed by atoms with Crippen LogP contribution in [0.1, 0.15) is 32.1 Å². The summed E-state index contributed by atoms with van der Waals surface area (Å²) >= 11 is 0. The number of carbonyl (C=O) groups is 1. The van der Waals surface area contributed by atoms with Gasteiger partial charge in [0, 0.05) is 31.4 Å². The summed E-state index contributed by atoms with van der Waals surface area (Å²) in [5, 5.41) is 7.02. The molecule has 5 nitrogen and oxygen atoms in total. The second-order valence-electron chi connectivity index (χ2n) is 5.03. The van der Waals surface area contributed by atoms with Crippen molar-refractivity contribution < 1.29 is 4.79 Å². The molecule has 0 bridgehead atoms. The number of nitrogens with one attached hydrogen (secondary N) is 1. The molecule has 1 fully saturated rings. The van der Waals surface area contributed by atoms with E-state index in [4.69, 9.17) is 5.73 Å². The molecule has 0 aromatic carbocycles. The fraction of sp³-hybridized carbons (Fsp3) is 0.692. The third-order valence-electron chi connectivity index (χ3n) is 3.64. The molecule has 0 radical (unpaired) electrons. The predicted molar refractivity (Wildman–Crippen MR) is 77.0 cm³/mol. The van der Waals surface area contributed by atoms with Crippen LogP contribution in [0.4, 0.5) is 0 Å². The van der Waals surface area contributed by atoms with E-state index < -0.39 is 0 Å². The van der Waals surface area contributed by atoms with Gasteiger partial charge in [-0.3, -0.25) is 9.48 Å². The van der Waals surface area contributed by atoms with Crippen LogP contribution in [0.3, 0.4) is 0 Å². The Bertz CT molecular complexity index is 369. The van der Waals surface area contributed by atoms with E-state index in [1.165, 1.54) is 12.8 Å². The maximum absolute atomic E-state index is 11.8. The molecule has 6 heteroatoms. The molecule has 0 aliphatic heterocycles. The van der Waals surface area contributed by atoms with Gasteiger partial charge in [-0.1, -0.05) is 12.8 Å². The van der Waals surface area contributed by atoms with Gasteiger partial charge in [0.2, 0.25) is 5.91 Å². The van der Waals surface area contributed by atoms with Crippen LogP contribution in [0, 0.1) is 5.92 Å². The van der Waals surface area contributed by atoms with Gasteiger partial charge in [-0.2, -0.15) is 5.10 Å². The molecule has 0 saturated heterocycles. The van der Waals surface area contributed by atoms with Crippen LogP contribution >= 0.6 is 12.4 Å². The number of carbonyl (C=O) groups excluding carboxylic acids is 1. The molecule has 1 aliphatic carbocycles. The number of nitrogens with two attached hydrogens (primary N) is 1. The number of rotatable bonds is 5. The SMILES string of the molecule is Cl.NC1CCCCC1CC(=O)NCCn1cccn1. The van der Waals surface area contributed by atoms with Crippen molar-refractivity contribution in [3.05, 3.63) is 18.5 Å². The highest BCUT2D eigenvalue weighted by atomic mass is 35.5. The topological polar surface area (TPSA) is 72.9 Å². The van der Waals surface area contributed by atoms with Gasteiger partial charge in [0.05, 0.1) is 6.54 Å². The Morgan fingerprint density at radius 2 is 2.21 bits per heavy atom. The first kappa shape index (κ1) is 16.0. The van der Waals surface area contributed by atoms with Crippen LogP contribution in [-0.4, -0.2) is 28.3 Å². The van der Waals surface area contributed by atoms with Gasteiger partial charge in [0.25, 0.3) is 0 Å². The highest BCUT2D eigenvalue weighted by Crippen LogP contribution is 2.25. The average molecular weight is 287 g/mol. The summed E-state index contributed by atoms with van der Waals surface area (Å²) in [7, 11) is 0. The van der Waals surface area contributed by atoms with Crippen molar-refractivity contribution in [3.8, 4) is 0 Å². The van der Waals surface area contributed by atoms with Gasteiger partial charge in [0.15, 0.2) is 0 Å². The van der Waals surface area contributed by atoms with E-state index in [0.717, 1.165) is 19.4 Å². The molecule has 108 valence electrons. The lowest BCUT2D eigenvalue weighted by Gasteiger charge is -2.27. The Morgan fingerprint density at radius 1 is 1.42 bits per heavy atom. The van der Waals surface area contributed by atoms with Crippen molar-refractivity contribution in [3.63, 3.8) is 0 Å².